The van der Waals surface area contributed by atoms with Crippen molar-refractivity contribution in [2.24, 2.45) is 0 Å². The highest BCUT2D eigenvalue weighted by molar-refractivity contribution is 9.10. The molecule has 0 radical (unpaired) electrons. The summed E-state index contributed by atoms with van der Waals surface area (Å²) in [5.41, 5.74) is 1.79. The van der Waals surface area contributed by atoms with Crippen LogP contribution in [-0.2, 0) is 4.74 Å². The highest BCUT2D eigenvalue weighted by Crippen LogP contribution is 2.18. The van der Waals surface area contributed by atoms with Gasteiger partial charge in [-0.05, 0) is 44.5 Å². The summed E-state index contributed by atoms with van der Waals surface area (Å²) in [6, 6.07) is 5.84. The molecule has 1 aromatic rings. The van der Waals surface area contributed by atoms with Crippen LogP contribution in [0.15, 0.2) is 22.7 Å². The Morgan fingerprint density at radius 3 is 2.61 bits per heavy atom. The lowest BCUT2D eigenvalue weighted by Gasteiger charge is -2.26. The average molecular weight is 314 g/mol. The number of methoxy groups -OCH3 is 1. The van der Waals surface area contributed by atoms with Gasteiger partial charge in [0.1, 0.15) is 0 Å². The van der Waals surface area contributed by atoms with E-state index in [9.17, 15) is 4.79 Å². The number of aryl methyl sites for hydroxylation is 1. The third kappa shape index (κ3) is 3.82. The molecule has 0 fully saturated rings. The lowest BCUT2D eigenvalue weighted by atomic mass is 10.1. The highest BCUT2D eigenvalue weighted by atomic mass is 79.9. The van der Waals surface area contributed by atoms with Crippen molar-refractivity contribution < 1.29 is 9.53 Å². The third-order valence-electron chi connectivity index (χ3n) is 2.83. The van der Waals surface area contributed by atoms with E-state index in [1.54, 1.807) is 7.11 Å². The monoisotopic (exact) mass is 313 g/mol. The van der Waals surface area contributed by atoms with Gasteiger partial charge in [-0.25, -0.2) is 0 Å². The normalized spacial score (nSPS) is 10.8. The van der Waals surface area contributed by atoms with Gasteiger partial charge in [-0.3, -0.25) is 4.79 Å². The molecule has 1 aromatic carbocycles. The Morgan fingerprint density at radius 2 is 2.11 bits per heavy atom. The lowest BCUT2D eigenvalue weighted by Crippen LogP contribution is -2.39. The zero-order chi connectivity index (χ0) is 13.7. The summed E-state index contributed by atoms with van der Waals surface area (Å²) in [7, 11) is 1.65. The van der Waals surface area contributed by atoms with E-state index in [2.05, 4.69) is 15.9 Å². The van der Waals surface area contributed by atoms with E-state index in [1.165, 1.54) is 0 Å². The number of ether oxygens (including phenoxy) is 1. The number of hydrogen-bond acceptors (Lipinski definition) is 2. The van der Waals surface area contributed by atoms with Crippen molar-refractivity contribution in [1.82, 2.24) is 4.90 Å². The van der Waals surface area contributed by atoms with E-state index in [-0.39, 0.29) is 11.9 Å². The molecule has 1 rings (SSSR count). The van der Waals surface area contributed by atoms with E-state index < -0.39 is 0 Å². The Hall–Kier alpha value is -0.870. The van der Waals surface area contributed by atoms with Crippen molar-refractivity contribution in [3.05, 3.63) is 33.8 Å². The number of benzene rings is 1. The number of rotatable bonds is 5. The Kier molecular flexibility index (Phi) is 5.82. The maximum Gasteiger partial charge on any atom is 0.254 e. The molecule has 1 amide bonds. The molecular weight excluding hydrogens is 294 g/mol. The van der Waals surface area contributed by atoms with Crippen LogP contribution in [0.1, 0.15) is 29.8 Å². The first kappa shape index (κ1) is 15.2. The quantitative estimate of drug-likeness (QED) is 0.835. The van der Waals surface area contributed by atoms with Gasteiger partial charge in [0.25, 0.3) is 5.91 Å². The van der Waals surface area contributed by atoms with Crippen LogP contribution in [0.5, 0.6) is 0 Å². The van der Waals surface area contributed by atoms with Gasteiger partial charge >= 0.3 is 0 Å². The molecule has 3 nitrogen and oxygen atoms in total. The van der Waals surface area contributed by atoms with Gasteiger partial charge in [0.05, 0.1) is 6.61 Å². The number of carbonyl (C=O) groups is 1. The van der Waals surface area contributed by atoms with Crippen LogP contribution in [0.2, 0.25) is 0 Å². The SMILES string of the molecule is COCCN(C(=O)c1ccc(Br)c(C)c1)C(C)C. The fourth-order valence-corrected chi connectivity index (χ4v) is 1.97. The summed E-state index contributed by atoms with van der Waals surface area (Å²) in [4.78, 5) is 14.2. The zero-order valence-corrected chi connectivity index (χ0v) is 13.0. The smallest absolute Gasteiger partial charge is 0.254 e. The van der Waals surface area contributed by atoms with Gasteiger partial charge in [-0.1, -0.05) is 15.9 Å². The Bertz CT molecular complexity index is 418. The topological polar surface area (TPSA) is 29.5 Å². The minimum atomic E-state index is 0.0534. The average Bonchev–Trinajstić information content (AvgIpc) is 2.32. The maximum absolute atomic E-state index is 12.4. The van der Waals surface area contributed by atoms with Crippen LogP contribution >= 0.6 is 15.9 Å². The molecular formula is C14H20BrNO2. The lowest BCUT2D eigenvalue weighted by molar-refractivity contribution is 0.0635. The van der Waals surface area contributed by atoms with Crippen LogP contribution in [-0.4, -0.2) is 37.1 Å². The fourth-order valence-electron chi connectivity index (χ4n) is 1.73. The van der Waals surface area contributed by atoms with E-state index in [0.717, 1.165) is 15.6 Å². The molecule has 0 unspecified atom stereocenters. The number of carbonyl (C=O) groups excluding carboxylic acids is 1. The molecule has 0 bridgehead atoms. The summed E-state index contributed by atoms with van der Waals surface area (Å²) in [5.74, 6) is 0.0534. The molecule has 0 saturated heterocycles. The first-order chi connectivity index (χ1) is 8.47. The molecule has 0 atom stereocenters. The number of nitrogens with zero attached hydrogens (tertiary/aromatic N) is 1. The van der Waals surface area contributed by atoms with Crippen molar-refractivity contribution in [1.29, 1.82) is 0 Å². The number of amides is 1. The summed E-state index contributed by atoms with van der Waals surface area (Å²) >= 11 is 3.44. The molecule has 4 heteroatoms. The second-order valence-corrected chi connectivity index (χ2v) is 5.40. The molecule has 18 heavy (non-hydrogen) atoms. The third-order valence-corrected chi connectivity index (χ3v) is 3.72. The standard InChI is InChI=1S/C14H20BrNO2/c1-10(2)16(7-8-18-4)14(17)12-5-6-13(15)11(3)9-12/h5-6,9-10H,7-8H2,1-4H3. The Labute approximate surface area is 117 Å². The van der Waals surface area contributed by atoms with Crippen molar-refractivity contribution in [3.8, 4) is 0 Å². The van der Waals surface area contributed by atoms with Gasteiger partial charge in [-0.15, -0.1) is 0 Å². The van der Waals surface area contributed by atoms with Gasteiger partial charge in [0, 0.05) is 29.7 Å². The minimum Gasteiger partial charge on any atom is -0.383 e. The van der Waals surface area contributed by atoms with Gasteiger partial charge in [0.15, 0.2) is 0 Å². The Morgan fingerprint density at radius 1 is 1.44 bits per heavy atom. The first-order valence-electron chi connectivity index (χ1n) is 6.03. The van der Waals surface area contributed by atoms with Crippen molar-refractivity contribution in [3.63, 3.8) is 0 Å². The predicted molar refractivity (Wildman–Crippen MR) is 76.9 cm³/mol. The van der Waals surface area contributed by atoms with Crippen LogP contribution in [0, 0.1) is 6.92 Å². The predicted octanol–water partition coefficient (Wildman–Crippen LogP) is 3.25. The van der Waals surface area contributed by atoms with E-state index in [4.69, 9.17) is 4.74 Å². The highest BCUT2D eigenvalue weighted by Gasteiger charge is 2.18. The number of hydrogen-bond donors (Lipinski definition) is 0. The second-order valence-electron chi connectivity index (χ2n) is 4.55. The van der Waals surface area contributed by atoms with Crippen molar-refractivity contribution in [2.75, 3.05) is 20.3 Å². The molecule has 0 aliphatic rings. The molecule has 0 heterocycles. The van der Waals surface area contributed by atoms with Crippen LogP contribution in [0.4, 0.5) is 0 Å². The van der Waals surface area contributed by atoms with Crippen LogP contribution in [0.25, 0.3) is 0 Å². The molecule has 100 valence electrons. The van der Waals surface area contributed by atoms with Gasteiger partial charge < -0.3 is 9.64 Å². The zero-order valence-electron chi connectivity index (χ0n) is 11.4. The van der Waals surface area contributed by atoms with E-state index in [0.29, 0.717) is 13.2 Å². The van der Waals surface area contributed by atoms with E-state index in [1.807, 2.05) is 43.9 Å². The van der Waals surface area contributed by atoms with Crippen LogP contribution < -0.4 is 0 Å². The molecule has 0 aliphatic heterocycles. The van der Waals surface area contributed by atoms with Gasteiger partial charge in [-0.2, -0.15) is 0 Å². The largest absolute Gasteiger partial charge is 0.383 e. The molecule has 0 aromatic heterocycles. The molecule has 0 spiro atoms. The molecule has 0 saturated carbocycles. The van der Waals surface area contributed by atoms with Crippen molar-refractivity contribution >= 4 is 21.8 Å². The minimum absolute atomic E-state index is 0.0534. The molecule has 0 aliphatic carbocycles. The van der Waals surface area contributed by atoms with Crippen LogP contribution in [0.3, 0.4) is 0 Å². The Balaban J connectivity index is 2.91. The number of halogens is 1. The second kappa shape index (κ2) is 6.90. The summed E-state index contributed by atoms with van der Waals surface area (Å²) in [6.07, 6.45) is 0. The van der Waals surface area contributed by atoms with Crippen molar-refractivity contribution in [2.45, 2.75) is 26.8 Å². The summed E-state index contributed by atoms with van der Waals surface area (Å²) < 4.78 is 6.07. The fraction of sp³-hybridized carbons (Fsp3) is 0.500. The van der Waals surface area contributed by atoms with E-state index >= 15 is 0 Å². The maximum atomic E-state index is 12.4. The summed E-state index contributed by atoms with van der Waals surface area (Å²) in [6.45, 7) is 7.18. The first-order valence-corrected chi connectivity index (χ1v) is 6.82. The van der Waals surface area contributed by atoms with Gasteiger partial charge in [0.2, 0.25) is 0 Å². The summed E-state index contributed by atoms with van der Waals surface area (Å²) in [5, 5.41) is 0. The molecule has 0 N–H and O–H groups in total.